The molecule has 4 heteroatoms. The summed E-state index contributed by atoms with van der Waals surface area (Å²) in [7, 11) is 0. The molecule has 0 aromatic heterocycles. The number of hydrogen-bond donors (Lipinski definition) is 1. The first-order valence-corrected chi connectivity index (χ1v) is 11.5. The van der Waals surface area contributed by atoms with Gasteiger partial charge in [-0.1, -0.05) is 45.4 Å². The van der Waals surface area contributed by atoms with E-state index >= 15 is 0 Å². The molecule has 1 aliphatic rings. The fourth-order valence-electron chi connectivity index (χ4n) is 4.37. The summed E-state index contributed by atoms with van der Waals surface area (Å²) in [4.78, 5) is 10.8. The summed E-state index contributed by atoms with van der Waals surface area (Å²) in [6.07, 6.45) is 12.4. The maximum atomic E-state index is 10.8. The minimum Gasteiger partial charge on any atom is -0.492 e. The first kappa shape index (κ1) is 23.6. The van der Waals surface area contributed by atoms with E-state index in [1.165, 1.54) is 50.5 Å². The molecule has 1 aromatic carbocycles. The van der Waals surface area contributed by atoms with Crippen molar-refractivity contribution in [3.05, 3.63) is 22.3 Å². The zero-order valence-electron chi connectivity index (χ0n) is 19.2. The molecule has 0 bridgehead atoms. The summed E-state index contributed by atoms with van der Waals surface area (Å²) in [5, 5.41) is 8.88. The highest BCUT2D eigenvalue weighted by Crippen LogP contribution is 2.44. The van der Waals surface area contributed by atoms with E-state index in [1.54, 1.807) is 0 Å². The van der Waals surface area contributed by atoms with Crippen molar-refractivity contribution in [2.24, 2.45) is 0 Å². The van der Waals surface area contributed by atoms with Gasteiger partial charge in [-0.25, -0.2) is 0 Å². The highest BCUT2D eigenvalue weighted by Gasteiger charge is 2.34. The summed E-state index contributed by atoms with van der Waals surface area (Å²) in [5.74, 6) is 1.03. The lowest BCUT2D eigenvalue weighted by Gasteiger charge is -2.38. The van der Waals surface area contributed by atoms with Crippen LogP contribution in [0.5, 0.6) is 11.5 Å². The molecule has 1 aliphatic heterocycles. The Hall–Kier alpha value is -1.71. The number of rotatable bonds is 12. The number of carbonyl (C=O) groups is 1. The first-order valence-electron chi connectivity index (χ1n) is 11.5. The molecule has 0 radical (unpaired) electrons. The van der Waals surface area contributed by atoms with Crippen LogP contribution in [0.25, 0.3) is 0 Å². The molecule has 0 saturated heterocycles. The van der Waals surface area contributed by atoms with Crippen LogP contribution in [-0.2, 0) is 11.2 Å². The molecular weight excluding hydrogens is 364 g/mol. The van der Waals surface area contributed by atoms with Crippen LogP contribution in [0.2, 0.25) is 0 Å². The van der Waals surface area contributed by atoms with Gasteiger partial charge in [-0.05, 0) is 70.1 Å². The average molecular weight is 405 g/mol. The smallest absolute Gasteiger partial charge is 0.306 e. The van der Waals surface area contributed by atoms with Crippen LogP contribution in [0.4, 0.5) is 0 Å². The lowest BCUT2D eigenvalue weighted by molar-refractivity contribution is -0.137. The standard InChI is InChI=1S/C25H40O4/c1-6-7-8-9-10-11-12-15-25(5)16-13-21-20(4)23(28-17-14-22(26)27)18(2)19(3)24(21)29-25/h6-17H2,1-5H3,(H,26,27). The molecule has 0 aliphatic carbocycles. The van der Waals surface area contributed by atoms with Crippen molar-refractivity contribution in [1.29, 1.82) is 0 Å². The molecule has 0 saturated carbocycles. The summed E-state index contributed by atoms with van der Waals surface area (Å²) in [6.45, 7) is 10.9. The van der Waals surface area contributed by atoms with Crippen molar-refractivity contribution in [2.75, 3.05) is 6.61 Å². The minimum absolute atomic E-state index is 0.0159. The topological polar surface area (TPSA) is 55.8 Å². The Kier molecular flexibility index (Phi) is 8.85. The van der Waals surface area contributed by atoms with Crippen LogP contribution in [0.1, 0.15) is 100 Å². The summed E-state index contributed by atoms with van der Waals surface area (Å²) in [6, 6.07) is 0. The lowest BCUT2D eigenvalue weighted by atomic mass is 9.84. The molecule has 0 amide bonds. The van der Waals surface area contributed by atoms with Gasteiger partial charge in [0.1, 0.15) is 17.1 Å². The van der Waals surface area contributed by atoms with Gasteiger partial charge in [0.25, 0.3) is 0 Å². The molecule has 1 aromatic rings. The normalized spacial score (nSPS) is 18.2. The third-order valence-electron chi connectivity index (χ3n) is 6.43. The predicted octanol–water partition coefficient (Wildman–Crippen LogP) is 6.69. The lowest BCUT2D eigenvalue weighted by Crippen LogP contribution is -2.37. The highest BCUT2D eigenvalue weighted by atomic mass is 16.5. The monoisotopic (exact) mass is 404 g/mol. The van der Waals surface area contributed by atoms with Gasteiger partial charge < -0.3 is 14.6 Å². The van der Waals surface area contributed by atoms with Gasteiger partial charge in [-0.15, -0.1) is 0 Å². The number of benzene rings is 1. The molecule has 0 fully saturated rings. The van der Waals surface area contributed by atoms with Gasteiger partial charge in [0.2, 0.25) is 0 Å². The van der Waals surface area contributed by atoms with E-state index in [0.29, 0.717) is 0 Å². The number of fused-ring (bicyclic) bond motifs is 1. The number of unbranched alkanes of at least 4 members (excludes halogenated alkanes) is 6. The Morgan fingerprint density at radius 3 is 2.34 bits per heavy atom. The van der Waals surface area contributed by atoms with Gasteiger partial charge in [0.05, 0.1) is 13.0 Å². The molecule has 1 N–H and O–H groups in total. The second-order valence-electron chi connectivity index (χ2n) is 8.93. The quantitative estimate of drug-likeness (QED) is 0.394. The SMILES string of the molecule is CCCCCCCCCC1(C)CCc2c(C)c(OCCC(=O)O)c(C)c(C)c2O1. The van der Waals surface area contributed by atoms with E-state index in [1.807, 2.05) is 6.92 Å². The van der Waals surface area contributed by atoms with E-state index < -0.39 is 5.97 Å². The largest absolute Gasteiger partial charge is 0.492 e. The average Bonchev–Trinajstić information content (AvgIpc) is 2.68. The van der Waals surface area contributed by atoms with Crippen molar-refractivity contribution in [3.8, 4) is 11.5 Å². The number of aliphatic carboxylic acids is 1. The molecule has 2 rings (SSSR count). The molecule has 29 heavy (non-hydrogen) atoms. The van der Waals surface area contributed by atoms with Gasteiger partial charge in [-0.2, -0.15) is 0 Å². The van der Waals surface area contributed by atoms with Gasteiger partial charge in [-0.3, -0.25) is 4.79 Å². The Morgan fingerprint density at radius 1 is 1.03 bits per heavy atom. The number of carboxylic acids is 1. The molecule has 1 heterocycles. The van der Waals surface area contributed by atoms with Crippen LogP contribution in [0.3, 0.4) is 0 Å². The summed E-state index contributed by atoms with van der Waals surface area (Å²) in [5.41, 5.74) is 4.43. The number of carboxylic acid groups (broad SMARTS) is 1. The number of hydrogen-bond acceptors (Lipinski definition) is 3. The van der Waals surface area contributed by atoms with Crippen molar-refractivity contribution < 1.29 is 19.4 Å². The van der Waals surface area contributed by atoms with E-state index in [2.05, 4.69) is 27.7 Å². The van der Waals surface area contributed by atoms with E-state index in [9.17, 15) is 4.79 Å². The Labute approximate surface area is 177 Å². The summed E-state index contributed by atoms with van der Waals surface area (Å²) >= 11 is 0. The Morgan fingerprint density at radius 2 is 1.69 bits per heavy atom. The Bertz CT molecular complexity index is 695. The van der Waals surface area contributed by atoms with E-state index in [0.717, 1.165) is 47.5 Å². The van der Waals surface area contributed by atoms with Crippen LogP contribution >= 0.6 is 0 Å². The van der Waals surface area contributed by atoms with Crippen molar-refractivity contribution in [3.63, 3.8) is 0 Å². The van der Waals surface area contributed by atoms with Crippen molar-refractivity contribution in [2.45, 2.75) is 111 Å². The maximum absolute atomic E-state index is 10.8. The number of ether oxygens (including phenoxy) is 2. The molecular formula is C25H40O4. The van der Waals surface area contributed by atoms with Gasteiger partial charge in [0.15, 0.2) is 0 Å². The maximum Gasteiger partial charge on any atom is 0.306 e. The van der Waals surface area contributed by atoms with Gasteiger partial charge >= 0.3 is 5.97 Å². The molecule has 4 nitrogen and oxygen atoms in total. The predicted molar refractivity (Wildman–Crippen MR) is 118 cm³/mol. The fraction of sp³-hybridized carbons (Fsp3) is 0.720. The van der Waals surface area contributed by atoms with E-state index in [-0.39, 0.29) is 18.6 Å². The second kappa shape index (κ2) is 10.9. The first-order chi connectivity index (χ1) is 13.8. The zero-order chi connectivity index (χ0) is 21.4. The van der Waals surface area contributed by atoms with E-state index in [4.69, 9.17) is 14.6 Å². The summed E-state index contributed by atoms with van der Waals surface area (Å²) < 4.78 is 12.5. The zero-order valence-corrected chi connectivity index (χ0v) is 19.2. The highest BCUT2D eigenvalue weighted by molar-refractivity contribution is 5.67. The molecule has 0 spiro atoms. The minimum atomic E-state index is -0.834. The van der Waals surface area contributed by atoms with Crippen LogP contribution in [0.15, 0.2) is 0 Å². The molecule has 1 unspecified atom stereocenters. The van der Waals surface area contributed by atoms with Crippen LogP contribution < -0.4 is 9.47 Å². The molecule has 1 atom stereocenters. The molecule has 164 valence electrons. The second-order valence-corrected chi connectivity index (χ2v) is 8.93. The van der Waals surface area contributed by atoms with Crippen LogP contribution in [0, 0.1) is 20.8 Å². The third kappa shape index (κ3) is 6.38. The van der Waals surface area contributed by atoms with Crippen LogP contribution in [-0.4, -0.2) is 23.3 Å². The van der Waals surface area contributed by atoms with Crippen molar-refractivity contribution >= 4 is 5.97 Å². The Balaban J connectivity index is 2.01. The van der Waals surface area contributed by atoms with Crippen molar-refractivity contribution in [1.82, 2.24) is 0 Å². The fourth-order valence-corrected chi connectivity index (χ4v) is 4.37. The van der Waals surface area contributed by atoms with Gasteiger partial charge in [0, 0.05) is 5.56 Å². The third-order valence-corrected chi connectivity index (χ3v) is 6.43.